The van der Waals surface area contributed by atoms with Crippen molar-refractivity contribution < 1.29 is 13.2 Å². The third kappa shape index (κ3) is 4.83. The van der Waals surface area contributed by atoms with Crippen LogP contribution in [0.1, 0.15) is 18.9 Å². The third-order valence-electron chi connectivity index (χ3n) is 4.07. The van der Waals surface area contributed by atoms with Crippen molar-refractivity contribution in [1.82, 2.24) is 10.2 Å². The Balaban J connectivity index is 1.95. The van der Waals surface area contributed by atoms with Crippen molar-refractivity contribution in [2.75, 3.05) is 18.6 Å². The number of halogens is 2. The van der Waals surface area contributed by atoms with Crippen LogP contribution in [0.25, 0.3) is 0 Å². The van der Waals surface area contributed by atoms with Crippen LogP contribution in [0.2, 0.25) is 10.0 Å². The smallest absolute Gasteiger partial charge is 0.237 e. The van der Waals surface area contributed by atoms with Crippen LogP contribution in [-0.2, 0) is 21.2 Å². The van der Waals surface area contributed by atoms with Gasteiger partial charge in [0.1, 0.15) is 0 Å². The molecule has 0 spiro atoms. The van der Waals surface area contributed by atoms with Crippen LogP contribution >= 0.6 is 23.2 Å². The molecule has 1 saturated heterocycles. The molecule has 2 rings (SSSR count). The lowest BCUT2D eigenvalue weighted by atomic mass is 10.1. The van der Waals surface area contributed by atoms with Crippen LogP contribution in [0.3, 0.4) is 0 Å². The summed E-state index contributed by atoms with van der Waals surface area (Å²) in [5.41, 5.74) is 0.838. The number of carbonyl (C=O) groups excluding carboxylic acids is 1. The van der Waals surface area contributed by atoms with Gasteiger partial charge in [-0.15, -0.1) is 0 Å². The van der Waals surface area contributed by atoms with Gasteiger partial charge in [-0.3, -0.25) is 9.69 Å². The van der Waals surface area contributed by atoms with Gasteiger partial charge in [0.15, 0.2) is 9.84 Å². The molecule has 8 heteroatoms. The molecule has 1 aromatic rings. The summed E-state index contributed by atoms with van der Waals surface area (Å²) in [6.45, 7) is 2.24. The van der Waals surface area contributed by atoms with Gasteiger partial charge in [-0.05, 0) is 32.0 Å². The molecule has 0 aromatic heterocycles. The highest BCUT2D eigenvalue weighted by molar-refractivity contribution is 7.91. The van der Waals surface area contributed by atoms with E-state index in [0.717, 1.165) is 5.56 Å². The molecule has 2 atom stereocenters. The molecule has 5 nitrogen and oxygen atoms in total. The standard InChI is InChI=1S/C15H20Cl2N2O3S/c1-10(15(20)18-12-6-7-23(21,22)9-12)19(2)8-11-4-3-5-13(16)14(11)17/h3-5,10,12H,6-9H2,1-2H3,(H,18,20)/t10-,12-/m1/s1. The molecule has 0 saturated carbocycles. The molecule has 23 heavy (non-hydrogen) atoms. The van der Waals surface area contributed by atoms with Gasteiger partial charge < -0.3 is 5.32 Å². The van der Waals surface area contributed by atoms with E-state index in [4.69, 9.17) is 23.2 Å². The maximum Gasteiger partial charge on any atom is 0.237 e. The summed E-state index contributed by atoms with van der Waals surface area (Å²) in [7, 11) is -1.19. The first-order valence-corrected chi connectivity index (χ1v) is 9.91. The number of nitrogens with one attached hydrogen (secondary N) is 1. The maximum atomic E-state index is 12.3. The van der Waals surface area contributed by atoms with Crippen LogP contribution in [0.4, 0.5) is 0 Å². The molecule has 128 valence electrons. The summed E-state index contributed by atoms with van der Waals surface area (Å²) in [5.74, 6) is -0.0250. The van der Waals surface area contributed by atoms with Gasteiger partial charge in [0.2, 0.25) is 5.91 Å². The van der Waals surface area contributed by atoms with Crippen LogP contribution < -0.4 is 5.32 Å². The molecule has 1 aromatic carbocycles. The van der Waals surface area contributed by atoms with E-state index in [1.54, 1.807) is 13.0 Å². The molecular formula is C15H20Cl2N2O3S. The largest absolute Gasteiger partial charge is 0.351 e. The van der Waals surface area contributed by atoms with E-state index in [-0.39, 0.29) is 23.5 Å². The molecule has 0 radical (unpaired) electrons. The molecule has 1 amide bonds. The first kappa shape index (κ1) is 18.5. The summed E-state index contributed by atoms with van der Waals surface area (Å²) < 4.78 is 22.9. The van der Waals surface area contributed by atoms with Crippen LogP contribution in [0.15, 0.2) is 18.2 Å². The number of likely N-dealkylation sites (N-methyl/N-ethyl adjacent to an activating group) is 1. The Morgan fingerprint density at radius 1 is 1.43 bits per heavy atom. The Morgan fingerprint density at radius 3 is 2.74 bits per heavy atom. The van der Waals surface area contributed by atoms with Gasteiger partial charge in [-0.25, -0.2) is 8.42 Å². The van der Waals surface area contributed by atoms with E-state index >= 15 is 0 Å². The summed E-state index contributed by atoms with van der Waals surface area (Å²) in [5, 5.41) is 3.77. The van der Waals surface area contributed by atoms with Gasteiger partial charge in [0, 0.05) is 12.6 Å². The lowest BCUT2D eigenvalue weighted by Crippen LogP contribution is -2.47. The normalized spacial score (nSPS) is 21.3. The quantitative estimate of drug-likeness (QED) is 0.851. The summed E-state index contributed by atoms with van der Waals surface area (Å²) in [4.78, 5) is 14.1. The van der Waals surface area contributed by atoms with Crippen LogP contribution in [0, 0.1) is 0 Å². The Labute approximate surface area is 146 Å². The van der Waals surface area contributed by atoms with Crippen molar-refractivity contribution in [2.24, 2.45) is 0 Å². The fourth-order valence-electron chi connectivity index (χ4n) is 2.51. The minimum Gasteiger partial charge on any atom is -0.351 e. The number of carbonyl (C=O) groups is 1. The van der Waals surface area contributed by atoms with Crippen molar-refractivity contribution in [2.45, 2.75) is 32.0 Å². The first-order chi connectivity index (χ1) is 10.7. The Morgan fingerprint density at radius 2 is 2.13 bits per heavy atom. The van der Waals surface area contributed by atoms with E-state index in [0.29, 0.717) is 23.0 Å². The second-order valence-corrected chi connectivity index (χ2v) is 8.93. The Hall–Kier alpha value is -0.820. The van der Waals surface area contributed by atoms with E-state index < -0.39 is 15.9 Å². The minimum atomic E-state index is -3.01. The number of sulfone groups is 1. The highest BCUT2D eigenvalue weighted by Crippen LogP contribution is 2.26. The van der Waals surface area contributed by atoms with E-state index in [2.05, 4.69) is 5.32 Å². The molecule has 1 N–H and O–H groups in total. The highest BCUT2D eigenvalue weighted by Gasteiger charge is 2.30. The molecule has 1 aliphatic heterocycles. The monoisotopic (exact) mass is 378 g/mol. The fraction of sp³-hybridized carbons (Fsp3) is 0.533. The van der Waals surface area contributed by atoms with Crippen molar-refractivity contribution >= 4 is 38.9 Å². The lowest BCUT2D eigenvalue weighted by molar-refractivity contribution is -0.126. The van der Waals surface area contributed by atoms with E-state index in [1.165, 1.54) is 0 Å². The first-order valence-electron chi connectivity index (χ1n) is 7.33. The van der Waals surface area contributed by atoms with Crippen LogP contribution in [-0.4, -0.2) is 49.9 Å². The number of hydrogen-bond acceptors (Lipinski definition) is 4. The SMILES string of the molecule is C[C@H](C(=O)N[C@@H]1CCS(=O)(=O)C1)N(C)Cc1cccc(Cl)c1Cl. The molecule has 0 aliphatic carbocycles. The van der Waals surface area contributed by atoms with Crippen molar-refractivity contribution in [1.29, 1.82) is 0 Å². The summed E-state index contributed by atoms with van der Waals surface area (Å²) >= 11 is 12.2. The van der Waals surface area contributed by atoms with Gasteiger partial charge in [0.05, 0.1) is 27.6 Å². The molecule has 0 unspecified atom stereocenters. The number of rotatable bonds is 5. The molecule has 1 fully saturated rings. The fourth-order valence-corrected chi connectivity index (χ4v) is 4.56. The molecule has 1 aliphatic rings. The van der Waals surface area contributed by atoms with E-state index in [1.807, 2.05) is 24.1 Å². The van der Waals surface area contributed by atoms with Gasteiger partial charge >= 0.3 is 0 Å². The topological polar surface area (TPSA) is 66.5 Å². The van der Waals surface area contributed by atoms with Gasteiger partial charge in [-0.1, -0.05) is 35.3 Å². The minimum absolute atomic E-state index is 0.0231. The Bertz CT molecular complexity index is 694. The second-order valence-electron chi connectivity index (χ2n) is 5.91. The van der Waals surface area contributed by atoms with Gasteiger partial charge in [-0.2, -0.15) is 0 Å². The Kier molecular flexibility index (Phi) is 5.94. The second kappa shape index (κ2) is 7.38. The predicted octanol–water partition coefficient (Wildman–Crippen LogP) is 2.12. The highest BCUT2D eigenvalue weighted by atomic mass is 35.5. The summed E-state index contributed by atoms with van der Waals surface area (Å²) in [6, 6.07) is 4.68. The number of nitrogens with zero attached hydrogens (tertiary/aromatic N) is 1. The zero-order valence-electron chi connectivity index (χ0n) is 13.1. The third-order valence-corrected chi connectivity index (χ3v) is 6.70. The number of hydrogen-bond donors (Lipinski definition) is 1. The number of benzene rings is 1. The zero-order valence-corrected chi connectivity index (χ0v) is 15.4. The van der Waals surface area contributed by atoms with Crippen molar-refractivity contribution in [3.63, 3.8) is 0 Å². The zero-order chi connectivity index (χ0) is 17.2. The predicted molar refractivity (Wildman–Crippen MR) is 92.6 cm³/mol. The molecular weight excluding hydrogens is 359 g/mol. The molecule has 1 heterocycles. The van der Waals surface area contributed by atoms with E-state index in [9.17, 15) is 13.2 Å². The van der Waals surface area contributed by atoms with Crippen molar-refractivity contribution in [3.05, 3.63) is 33.8 Å². The van der Waals surface area contributed by atoms with Gasteiger partial charge in [0.25, 0.3) is 0 Å². The maximum absolute atomic E-state index is 12.3. The lowest BCUT2D eigenvalue weighted by Gasteiger charge is -2.25. The summed E-state index contributed by atoms with van der Waals surface area (Å²) in [6.07, 6.45) is 0.477. The molecule has 0 bridgehead atoms. The number of amides is 1. The van der Waals surface area contributed by atoms with Crippen LogP contribution in [0.5, 0.6) is 0 Å². The van der Waals surface area contributed by atoms with Crippen molar-refractivity contribution in [3.8, 4) is 0 Å². The average molecular weight is 379 g/mol. The average Bonchev–Trinajstić information content (AvgIpc) is 2.81.